The first kappa shape index (κ1) is 40.0. The molecule has 0 fully saturated rings. The van der Waals surface area contributed by atoms with Crippen molar-refractivity contribution in [3.8, 4) is 0 Å². The Bertz CT molecular complexity index is 664. The first-order valence-electron chi connectivity index (χ1n) is 16.5. The van der Waals surface area contributed by atoms with E-state index in [1.807, 2.05) is 0 Å². The van der Waals surface area contributed by atoms with Crippen LogP contribution in [0, 0.1) is 0 Å². The molecule has 0 spiro atoms. The molecule has 0 aliphatic rings. The summed E-state index contributed by atoms with van der Waals surface area (Å²) in [6, 6.07) is 0. The lowest BCUT2D eigenvalue weighted by atomic mass is 10.0. The van der Waals surface area contributed by atoms with Gasteiger partial charge < -0.3 is 20.1 Å². The van der Waals surface area contributed by atoms with E-state index in [0.29, 0.717) is 6.42 Å². The molecule has 2 atom stereocenters. The van der Waals surface area contributed by atoms with Crippen molar-refractivity contribution in [2.45, 2.75) is 161 Å². The van der Waals surface area contributed by atoms with Gasteiger partial charge in [0.1, 0.15) is 6.61 Å². The van der Waals surface area contributed by atoms with Crippen molar-refractivity contribution >= 4 is 19.8 Å². The molecule has 0 amide bonds. The largest absolute Gasteiger partial charge is 0.472 e. The maximum absolute atomic E-state index is 12.3. The number of hydrogen-bond donors (Lipinski definition) is 2. The van der Waals surface area contributed by atoms with E-state index < -0.39 is 26.5 Å². The summed E-state index contributed by atoms with van der Waals surface area (Å²) in [4.78, 5) is 34.2. The summed E-state index contributed by atoms with van der Waals surface area (Å²) >= 11 is 0. The molecule has 0 saturated carbocycles. The molecule has 0 radical (unpaired) electrons. The SMILES string of the molecule is CCCCCCCCCCCCCCCCCC(=O)OC[C@H](COP(=O)(O)OCCN)OC(=O)CCCCCCC. The average molecular weight is 608 g/mol. The summed E-state index contributed by atoms with van der Waals surface area (Å²) in [6.45, 7) is 3.62. The highest BCUT2D eigenvalue weighted by Crippen LogP contribution is 2.43. The third-order valence-electron chi connectivity index (χ3n) is 6.99. The average Bonchev–Trinajstić information content (AvgIpc) is 2.95. The van der Waals surface area contributed by atoms with Gasteiger partial charge in [-0.2, -0.15) is 0 Å². The number of carbonyl (C=O) groups excluding carboxylic acids is 2. The molecule has 0 rings (SSSR count). The van der Waals surface area contributed by atoms with Gasteiger partial charge in [-0.1, -0.05) is 129 Å². The van der Waals surface area contributed by atoms with E-state index in [2.05, 4.69) is 13.8 Å². The lowest BCUT2D eigenvalue weighted by Crippen LogP contribution is -2.29. The zero-order valence-electron chi connectivity index (χ0n) is 26.3. The molecule has 0 aromatic carbocycles. The summed E-state index contributed by atoms with van der Waals surface area (Å²) in [6.07, 6.45) is 23.2. The van der Waals surface area contributed by atoms with Gasteiger partial charge in [-0.25, -0.2) is 4.57 Å². The highest BCUT2D eigenvalue weighted by Gasteiger charge is 2.25. The topological polar surface area (TPSA) is 134 Å². The number of carbonyl (C=O) groups is 2. The Balaban J connectivity index is 4.10. The van der Waals surface area contributed by atoms with E-state index in [1.165, 1.54) is 77.0 Å². The third-order valence-corrected chi connectivity index (χ3v) is 7.98. The van der Waals surface area contributed by atoms with Crippen LogP contribution in [0.3, 0.4) is 0 Å². The first-order chi connectivity index (χ1) is 19.8. The minimum absolute atomic E-state index is 0.0568. The van der Waals surface area contributed by atoms with E-state index in [1.54, 1.807) is 0 Å². The van der Waals surface area contributed by atoms with Gasteiger partial charge in [-0.15, -0.1) is 0 Å². The molecule has 41 heavy (non-hydrogen) atoms. The van der Waals surface area contributed by atoms with Crippen molar-refractivity contribution in [3.63, 3.8) is 0 Å². The number of esters is 2. The number of ether oxygens (including phenoxy) is 2. The Hall–Kier alpha value is -0.990. The highest BCUT2D eigenvalue weighted by atomic mass is 31.2. The Morgan fingerprint density at radius 2 is 1.05 bits per heavy atom. The van der Waals surface area contributed by atoms with E-state index >= 15 is 0 Å². The number of nitrogens with two attached hydrogens (primary N) is 1. The minimum Gasteiger partial charge on any atom is -0.462 e. The minimum atomic E-state index is -4.35. The molecule has 0 aliphatic carbocycles. The van der Waals surface area contributed by atoms with Gasteiger partial charge in [0, 0.05) is 19.4 Å². The number of hydrogen-bond acceptors (Lipinski definition) is 8. The maximum atomic E-state index is 12.3. The van der Waals surface area contributed by atoms with Crippen molar-refractivity contribution in [1.29, 1.82) is 0 Å². The van der Waals surface area contributed by atoms with Crippen molar-refractivity contribution in [2.24, 2.45) is 5.73 Å². The van der Waals surface area contributed by atoms with Crippen LogP contribution >= 0.6 is 7.82 Å². The molecule has 0 aromatic rings. The monoisotopic (exact) mass is 607 g/mol. The van der Waals surface area contributed by atoms with Crippen LogP contribution in [0.15, 0.2) is 0 Å². The van der Waals surface area contributed by atoms with Gasteiger partial charge in [0.05, 0.1) is 13.2 Å². The van der Waals surface area contributed by atoms with Crippen molar-refractivity contribution < 1.29 is 37.6 Å². The lowest BCUT2D eigenvalue weighted by Gasteiger charge is -2.19. The van der Waals surface area contributed by atoms with Crippen LogP contribution in [0.5, 0.6) is 0 Å². The standard InChI is InChI=1S/C31H62NO8P/c1-3-5-7-9-10-11-12-13-14-15-16-17-18-20-21-23-30(33)37-27-29(28-39-41(35,36)38-26-25-32)40-31(34)24-22-19-8-6-4-2/h29H,3-28,32H2,1-2H3,(H,35,36)/t29-/m1/s1. The maximum Gasteiger partial charge on any atom is 0.472 e. The van der Waals surface area contributed by atoms with Gasteiger partial charge in [-0.05, 0) is 12.8 Å². The van der Waals surface area contributed by atoms with Crippen LogP contribution < -0.4 is 5.73 Å². The zero-order chi connectivity index (χ0) is 30.4. The molecule has 1 unspecified atom stereocenters. The second kappa shape index (κ2) is 29.1. The number of rotatable bonds is 31. The fraction of sp³-hybridized carbons (Fsp3) is 0.935. The molecule has 0 saturated heterocycles. The van der Waals surface area contributed by atoms with Crippen LogP contribution in [0.2, 0.25) is 0 Å². The fourth-order valence-corrected chi connectivity index (χ4v) is 5.28. The Morgan fingerprint density at radius 3 is 1.49 bits per heavy atom. The lowest BCUT2D eigenvalue weighted by molar-refractivity contribution is -0.161. The van der Waals surface area contributed by atoms with E-state index in [9.17, 15) is 19.0 Å². The number of phosphoric ester groups is 1. The van der Waals surface area contributed by atoms with Gasteiger partial charge in [0.2, 0.25) is 0 Å². The van der Waals surface area contributed by atoms with Gasteiger partial charge in [0.25, 0.3) is 0 Å². The van der Waals surface area contributed by atoms with Crippen LogP contribution in [0.4, 0.5) is 0 Å². The fourth-order valence-electron chi connectivity index (χ4n) is 4.52. The summed E-state index contributed by atoms with van der Waals surface area (Å²) in [5.41, 5.74) is 5.29. The second-order valence-electron chi connectivity index (χ2n) is 11.0. The van der Waals surface area contributed by atoms with E-state index in [0.717, 1.165) is 44.9 Å². The molecule has 0 aliphatic heterocycles. The van der Waals surface area contributed by atoms with Crippen LogP contribution in [0.1, 0.15) is 155 Å². The summed E-state index contributed by atoms with van der Waals surface area (Å²) in [7, 11) is -4.35. The molecule has 0 heterocycles. The van der Waals surface area contributed by atoms with Gasteiger partial charge >= 0.3 is 19.8 Å². The third kappa shape index (κ3) is 28.9. The van der Waals surface area contributed by atoms with E-state index in [4.69, 9.17) is 24.3 Å². The second-order valence-corrected chi connectivity index (χ2v) is 12.5. The van der Waals surface area contributed by atoms with Crippen LogP contribution in [-0.4, -0.2) is 49.3 Å². The van der Waals surface area contributed by atoms with Crippen molar-refractivity contribution in [2.75, 3.05) is 26.4 Å². The summed E-state index contributed by atoms with van der Waals surface area (Å²) < 4.78 is 32.3. The number of phosphoric acid groups is 1. The zero-order valence-corrected chi connectivity index (χ0v) is 27.2. The molecular formula is C31H62NO8P. The Kier molecular flexibility index (Phi) is 28.4. The molecule has 10 heteroatoms. The molecule has 3 N–H and O–H groups in total. The normalized spacial score (nSPS) is 13.6. The molecule has 244 valence electrons. The predicted molar refractivity (Wildman–Crippen MR) is 165 cm³/mol. The first-order valence-corrected chi connectivity index (χ1v) is 18.0. The van der Waals surface area contributed by atoms with Crippen LogP contribution in [-0.2, 0) is 32.7 Å². The van der Waals surface area contributed by atoms with Crippen molar-refractivity contribution in [1.82, 2.24) is 0 Å². The Morgan fingerprint density at radius 1 is 0.634 bits per heavy atom. The molecule has 9 nitrogen and oxygen atoms in total. The van der Waals surface area contributed by atoms with Crippen molar-refractivity contribution in [3.05, 3.63) is 0 Å². The number of unbranched alkanes of at least 4 members (excludes halogenated alkanes) is 18. The van der Waals surface area contributed by atoms with Gasteiger partial charge in [0.15, 0.2) is 6.10 Å². The van der Waals surface area contributed by atoms with E-state index in [-0.39, 0.29) is 38.6 Å². The smallest absolute Gasteiger partial charge is 0.462 e. The molecule has 0 aromatic heterocycles. The predicted octanol–water partition coefficient (Wildman–Crippen LogP) is 8.16. The van der Waals surface area contributed by atoms with Crippen LogP contribution in [0.25, 0.3) is 0 Å². The quantitative estimate of drug-likeness (QED) is 0.0454. The highest BCUT2D eigenvalue weighted by molar-refractivity contribution is 7.47. The summed E-state index contributed by atoms with van der Waals surface area (Å²) in [5.74, 6) is -0.837. The molecular weight excluding hydrogens is 545 g/mol. The van der Waals surface area contributed by atoms with Gasteiger partial charge in [-0.3, -0.25) is 18.6 Å². The molecule has 0 bridgehead atoms. The Labute approximate surface area is 250 Å². The summed E-state index contributed by atoms with van der Waals surface area (Å²) in [5, 5.41) is 0.